The smallest absolute Gasteiger partial charge is 0.264 e. The summed E-state index contributed by atoms with van der Waals surface area (Å²) in [6.45, 7) is 2.51. The number of thiophene rings is 1. The van der Waals surface area contributed by atoms with Crippen LogP contribution in [0.3, 0.4) is 0 Å². The normalized spacial score (nSPS) is 15.5. The van der Waals surface area contributed by atoms with Gasteiger partial charge in [-0.15, -0.1) is 11.3 Å². The third-order valence-corrected chi connectivity index (χ3v) is 7.35. The molecule has 37 heavy (non-hydrogen) atoms. The van der Waals surface area contributed by atoms with Crippen molar-refractivity contribution in [2.75, 3.05) is 6.54 Å². The van der Waals surface area contributed by atoms with Crippen molar-refractivity contribution in [3.05, 3.63) is 123 Å². The van der Waals surface area contributed by atoms with Crippen LogP contribution in [0.4, 0.5) is 4.39 Å². The molecule has 1 aliphatic rings. The zero-order valence-corrected chi connectivity index (χ0v) is 21.2. The highest BCUT2D eigenvalue weighted by Crippen LogP contribution is 2.38. The first-order chi connectivity index (χ1) is 18.0. The number of nitrogens with one attached hydrogen (secondary N) is 1. The minimum absolute atomic E-state index is 0.00548. The Morgan fingerprint density at radius 1 is 1.05 bits per heavy atom. The molecule has 0 radical (unpaired) electrons. The molecule has 7 heteroatoms. The number of carbonyl (C=O) groups is 2. The van der Waals surface area contributed by atoms with Crippen LogP contribution in [0.1, 0.15) is 44.9 Å². The van der Waals surface area contributed by atoms with E-state index in [2.05, 4.69) is 5.32 Å². The van der Waals surface area contributed by atoms with Gasteiger partial charge >= 0.3 is 0 Å². The van der Waals surface area contributed by atoms with Crippen molar-refractivity contribution in [3.63, 3.8) is 0 Å². The molecule has 0 fully saturated rings. The van der Waals surface area contributed by atoms with Crippen LogP contribution in [0.2, 0.25) is 0 Å². The van der Waals surface area contributed by atoms with Crippen molar-refractivity contribution in [1.82, 2.24) is 10.2 Å². The van der Waals surface area contributed by atoms with Crippen LogP contribution >= 0.6 is 11.3 Å². The summed E-state index contributed by atoms with van der Waals surface area (Å²) in [7, 11) is 0. The minimum atomic E-state index is -0.755. The van der Waals surface area contributed by atoms with Crippen molar-refractivity contribution in [2.45, 2.75) is 32.0 Å². The fraction of sp³-hybridized carbons (Fsp3) is 0.200. The molecule has 1 N–H and O–H groups in total. The average Bonchev–Trinajstić information content (AvgIpc) is 3.46. The number of fused-ring (bicyclic) bond motifs is 1. The number of carbonyl (C=O) groups excluding carboxylic acids is 2. The van der Waals surface area contributed by atoms with Crippen molar-refractivity contribution in [2.24, 2.45) is 0 Å². The lowest BCUT2D eigenvalue weighted by atomic mass is 9.87. The first kappa shape index (κ1) is 24.7. The molecule has 2 atom stereocenters. The van der Waals surface area contributed by atoms with Gasteiger partial charge in [-0.2, -0.15) is 0 Å². The zero-order chi connectivity index (χ0) is 25.8. The number of benzene rings is 3. The second-order valence-corrected chi connectivity index (χ2v) is 9.96. The van der Waals surface area contributed by atoms with E-state index < -0.39 is 6.10 Å². The molecule has 2 unspecified atom stereocenters. The Balaban J connectivity index is 1.37. The third-order valence-electron chi connectivity index (χ3n) is 6.49. The first-order valence-electron chi connectivity index (χ1n) is 12.2. The van der Waals surface area contributed by atoms with Gasteiger partial charge in [0.25, 0.3) is 11.8 Å². The number of hydrogen-bond acceptors (Lipinski definition) is 4. The van der Waals surface area contributed by atoms with Crippen LogP contribution in [0.25, 0.3) is 0 Å². The van der Waals surface area contributed by atoms with Crippen LogP contribution in [0.15, 0.2) is 90.3 Å². The molecule has 1 aromatic heterocycles. The topological polar surface area (TPSA) is 58.6 Å². The van der Waals surface area contributed by atoms with E-state index in [-0.39, 0.29) is 30.2 Å². The molecule has 5 rings (SSSR count). The minimum Gasteiger partial charge on any atom is -0.481 e. The average molecular weight is 515 g/mol. The molecule has 5 nitrogen and oxygen atoms in total. The van der Waals surface area contributed by atoms with Gasteiger partial charge in [0.15, 0.2) is 6.10 Å². The summed E-state index contributed by atoms with van der Waals surface area (Å²) in [4.78, 5) is 28.7. The first-order valence-corrected chi connectivity index (χ1v) is 13.1. The van der Waals surface area contributed by atoms with E-state index in [0.29, 0.717) is 22.7 Å². The highest BCUT2D eigenvalue weighted by Gasteiger charge is 2.33. The number of nitrogens with zero attached hydrogens (tertiary/aromatic N) is 1. The number of hydrogen-bond donors (Lipinski definition) is 1. The van der Waals surface area contributed by atoms with E-state index in [1.54, 1.807) is 19.1 Å². The van der Waals surface area contributed by atoms with Gasteiger partial charge in [-0.1, -0.05) is 54.6 Å². The summed E-state index contributed by atoms with van der Waals surface area (Å²) in [5.74, 6) is -0.0785. The molecule has 0 spiro atoms. The van der Waals surface area contributed by atoms with Crippen LogP contribution in [0.5, 0.6) is 5.75 Å². The lowest BCUT2D eigenvalue weighted by Gasteiger charge is -2.38. The molecule has 4 aromatic rings. The maximum absolute atomic E-state index is 13.4. The van der Waals surface area contributed by atoms with Gasteiger partial charge in [-0.25, -0.2) is 4.39 Å². The molecule has 3 aromatic carbocycles. The number of amides is 2. The van der Waals surface area contributed by atoms with Gasteiger partial charge in [0.05, 0.1) is 10.9 Å². The molecule has 0 aliphatic carbocycles. The van der Waals surface area contributed by atoms with Crippen molar-refractivity contribution in [3.8, 4) is 5.75 Å². The van der Waals surface area contributed by atoms with Crippen LogP contribution < -0.4 is 10.1 Å². The quantitative estimate of drug-likeness (QED) is 0.341. The Hall–Kier alpha value is -3.97. The third kappa shape index (κ3) is 5.57. The molecule has 0 saturated carbocycles. The predicted molar refractivity (Wildman–Crippen MR) is 142 cm³/mol. The van der Waals surface area contributed by atoms with Crippen molar-refractivity contribution < 1.29 is 18.7 Å². The predicted octanol–water partition coefficient (Wildman–Crippen LogP) is 5.76. The molecular formula is C30H27FN2O3S. The van der Waals surface area contributed by atoms with E-state index in [9.17, 15) is 14.0 Å². The van der Waals surface area contributed by atoms with Gasteiger partial charge in [-0.3, -0.25) is 9.59 Å². The lowest BCUT2D eigenvalue weighted by molar-refractivity contribution is -0.127. The van der Waals surface area contributed by atoms with Gasteiger partial charge in [-0.05, 0) is 71.3 Å². The summed E-state index contributed by atoms with van der Waals surface area (Å²) in [6, 6.07) is 25.4. The molecule has 2 heterocycles. The molecular weight excluding hydrogens is 487 g/mol. The molecule has 1 aliphatic heterocycles. The second-order valence-electron chi connectivity index (χ2n) is 9.01. The van der Waals surface area contributed by atoms with Crippen LogP contribution in [-0.4, -0.2) is 29.4 Å². The van der Waals surface area contributed by atoms with Crippen molar-refractivity contribution in [1.29, 1.82) is 0 Å². The van der Waals surface area contributed by atoms with Gasteiger partial charge in [0.2, 0.25) is 0 Å². The summed E-state index contributed by atoms with van der Waals surface area (Å²) < 4.78 is 19.4. The zero-order valence-electron chi connectivity index (χ0n) is 20.4. The molecule has 2 amide bonds. The Morgan fingerprint density at radius 3 is 2.65 bits per heavy atom. The van der Waals surface area contributed by atoms with E-state index >= 15 is 0 Å². The Labute approximate surface area is 219 Å². The lowest BCUT2D eigenvalue weighted by Crippen LogP contribution is -2.40. The molecule has 0 bridgehead atoms. The van der Waals surface area contributed by atoms with E-state index in [1.165, 1.54) is 23.5 Å². The van der Waals surface area contributed by atoms with E-state index in [1.807, 2.05) is 70.9 Å². The van der Waals surface area contributed by atoms with Gasteiger partial charge in [0, 0.05) is 13.1 Å². The van der Waals surface area contributed by atoms with E-state index in [4.69, 9.17) is 4.74 Å². The second kappa shape index (κ2) is 11.0. The molecule has 188 valence electrons. The monoisotopic (exact) mass is 514 g/mol. The van der Waals surface area contributed by atoms with Crippen LogP contribution in [0, 0.1) is 5.82 Å². The summed E-state index contributed by atoms with van der Waals surface area (Å²) in [5.41, 5.74) is 3.84. The number of ether oxygens (including phenoxy) is 1. The summed E-state index contributed by atoms with van der Waals surface area (Å²) in [5, 5.41) is 4.71. The Bertz CT molecular complexity index is 1390. The van der Waals surface area contributed by atoms with Gasteiger partial charge in [0.1, 0.15) is 11.6 Å². The fourth-order valence-corrected chi connectivity index (χ4v) is 5.34. The number of rotatable bonds is 7. The highest BCUT2D eigenvalue weighted by atomic mass is 32.1. The fourth-order valence-electron chi connectivity index (χ4n) is 4.66. The van der Waals surface area contributed by atoms with Crippen LogP contribution in [-0.2, 0) is 17.8 Å². The Kier molecular flexibility index (Phi) is 7.32. The largest absolute Gasteiger partial charge is 0.481 e. The maximum atomic E-state index is 13.4. The molecule has 0 saturated heterocycles. The summed E-state index contributed by atoms with van der Waals surface area (Å²) in [6.07, 6.45) is -0.0195. The maximum Gasteiger partial charge on any atom is 0.264 e. The van der Waals surface area contributed by atoms with Gasteiger partial charge < -0.3 is 15.0 Å². The summed E-state index contributed by atoms with van der Waals surface area (Å²) >= 11 is 1.44. The van der Waals surface area contributed by atoms with E-state index in [0.717, 1.165) is 23.1 Å². The standard InChI is InChI=1S/C30H27FN2O3S/c1-20(29(34)32-19-21-7-5-10-24(31)17-21)36-25-13-12-22-14-15-33(30(35)27-11-6-16-37-27)28(26(22)18-25)23-8-3-2-4-9-23/h2-13,16-18,20,28H,14-15,19H2,1H3,(H,32,34). The highest BCUT2D eigenvalue weighted by molar-refractivity contribution is 7.12. The Morgan fingerprint density at radius 2 is 1.89 bits per heavy atom. The van der Waals surface area contributed by atoms with Crippen molar-refractivity contribution >= 4 is 23.2 Å². The SMILES string of the molecule is CC(Oc1ccc2c(c1)C(c1ccccc1)N(C(=O)c1cccs1)CC2)C(=O)NCc1cccc(F)c1. The number of halogens is 1.